The molecule has 1 atom stereocenters. The molecule has 0 saturated heterocycles. The number of hydrogen-bond donors (Lipinski definition) is 2. The second-order valence-corrected chi connectivity index (χ2v) is 6.29. The van der Waals surface area contributed by atoms with Crippen LogP contribution in [0.4, 0.5) is 0 Å². The van der Waals surface area contributed by atoms with E-state index in [1.807, 2.05) is 0 Å². The predicted octanol–water partition coefficient (Wildman–Crippen LogP) is 4.50. The van der Waals surface area contributed by atoms with E-state index in [1.54, 1.807) is 0 Å². The van der Waals surface area contributed by atoms with E-state index in [2.05, 4.69) is 36.6 Å². The third-order valence-electron chi connectivity index (χ3n) is 4.71. The number of benzene rings is 1. The van der Waals surface area contributed by atoms with Crippen LogP contribution in [-0.2, 0) is 6.42 Å². The number of hydrogen-bond acceptors (Lipinski definition) is 2. The van der Waals surface area contributed by atoms with Crippen molar-refractivity contribution in [2.24, 2.45) is 11.8 Å². The van der Waals surface area contributed by atoms with Crippen LogP contribution < -0.4 is 11.3 Å². The zero-order valence-corrected chi connectivity index (χ0v) is 12.9. The number of hydrazine groups is 1. The molecule has 0 spiro atoms. The predicted molar refractivity (Wildman–Crippen MR) is 86.3 cm³/mol. The Morgan fingerprint density at radius 1 is 1.15 bits per heavy atom. The van der Waals surface area contributed by atoms with E-state index in [9.17, 15) is 0 Å². The molecule has 0 bridgehead atoms. The van der Waals surface area contributed by atoms with E-state index in [1.165, 1.54) is 62.5 Å². The average molecular weight is 274 g/mol. The third kappa shape index (κ3) is 4.60. The van der Waals surface area contributed by atoms with Crippen molar-refractivity contribution in [1.29, 1.82) is 0 Å². The van der Waals surface area contributed by atoms with Gasteiger partial charge in [-0.3, -0.25) is 11.3 Å². The van der Waals surface area contributed by atoms with E-state index in [0.717, 1.165) is 12.3 Å². The van der Waals surface area contributed by atoms with Crippen LogP contribution >= 0.6 is 0 Å². The fourth-order valence-electron chi connectivity index (χ4n) is 3.43. The van der Waals surface area contributed by atoms with Gasteiger partial charge in [-0.2, -0.15) is 0 Å². The van der Waals surface area contributed by atoms with Gasteiger partial charge in [0.2, 0.25) is 0 Å². The van der Waals surface area contributed by atoms with Crippen LogP contribution in [0.3, 0.4) is 0 Å². The summed E-state index contributed by atoms with van der Waals surface area (Å²) >= 11 is 0. The minimum absolute atomic E-state index is 0.313. The van der Waals surface area contributed by atoms with Crippen LogP contribution in [-0.4, -0.2) is 0 Å². The summed E-state index contributed by atoms with van der Waals surface area (Å²) in [6, 6.07) is 9.31. The summed E-state index contributed by atoms with van der Waals surface area (Å²) in [6.45, 7) is 2.22. The van der Waals surface area contributed by atoms with Crippen molar-refractivity contribution in [3.63, 3.8) is 0 Å². The lowest BCUT2D eigenvalue weighted by atomic mass is 9.84. The Labute approximate surface area is 124 Å². The van der Waals surface area contributed by atoms with Crippen molar-refractivity contribution >= 4 is 0 Å². The number of rotatable bonds is 7. The summed E-state index contributed by atoms with van der Waals surface area (Å²) in [6.07, 6.45) is 12.0. The van der Waals surface area contributed by atoms with Crippen molar-refractivity contribution in [1.82, 2.24) is 5.43 Å². The molecule has 112 valence electrons. The minimum Gasteiger partial charge on any atom is -0.271 e. The Bertz CT molecular complexity index is 366. The number of nitrogens with two attached hydrogens (primary N) is 1. The molecule has 0 heterocycles. The van der Waals surface area contributed by atoms with Crippen molar-refractivity contribution in [2.75, 3.05) is 0 Å². The standard InChI is InChI=1S/C18H30N2/c1-2-6-15-9-12-17(13-10-15)18(20-19)14-11-16-7-4-3-5-8-16/h9-10,12-13,16,18,20H,2-8,11,14,19H2,1H3. The Morgan fingerprint density at radius 2 is 1.85 bits per heavy atom. The van der Waals surface area contributed by atoms with Crippen LogP contribution in [0.25, 0.3) is 0 Å². The monoisotopic (exact) mass is 274 g/mol. The first-order chi connectivity index (χ1) is 9.83. The van der Waals surface area contributed by atoms with Gasteiger partial charge in [0, 0.05) is 6.04 Å². The molecule has 0 aliphatic heterocycles. The summed E-state index contributed by atoms with van der Waals surface area (Å²) < 4.78 is 0. The van der Waals surface area contributed by atoms with Crippen LogP contribution in [0.5, 0.6) is 0 Å². The highest BCUT2D eigenvalue weighted by atomic mass is 15.2. The van der Waals surface area contributed by atoms with E-state index in [-0.39, 0.29) is 0 Å². The van der Waals surface area contributed by atoms with Gasteiger partial charge in [0.15, 0.2) is 0 Å². The molecule has 0 amide bonds. The van der Waals surface area contributed by atoms with Gasteiger partial charge in [-0.1, -0.05) is 69.7 Å². The molecule has 2 heteroatoms. The average Bonchev–Trinajstić information content (AvgIpc) is 2.51. The Balaban J connectivity index is 1.86. The first-order valence-corrected chi connectivity index (χ1v) is 8.38. The Hall–Kier alpha value is -0.860. The molecule has 1 fully saturated rings. The molecule has 1 aliphatic carbocycles. The molecule has 20 heavy (non-hydrogen) atoms. The minimum atomic E-state index is 0.313. The highest BCUT2D eigenvalue weighted by molar-refractivity contribution is 5.25. The van der Waals surface area contributed by atoms with Gasteiger partial charge in [-0.15, -0.1) is 0 Å². The second kappa shape index (κ2) is 8.43. The van der Waals surface area contributed by atoms with Crippen molar-refractivity contribution in [3.8, 4) is 0 Å². The maximum Gasteiger partial charge on any atom is 0.0460 e. The first-order valence-electron chi connectivity index (χ1n) is 8.38. The van der Waals surface area contributed by atoms with Gasteiger partial charge in [-0.05, 0) is 36.3 Å². The van der Waals surface area contributed by atoms with Gasteiger partial charge in [0.05, 0.1) is 0 Å². The third-order valence-corrected chi connectivity index (χ3v) is 4.71. The van der Waals surface area contributed by atoms with Gasteiger partial charge in [-0.25, -0.2) is 0 Å². The lowest BCUT2D eigenvalue weighted by Gasteiger charge is -2.24. The summed E-state index contributed by atoms with van der Waals surface area (Å²) in [5.74, 6) is 6.70. The van der Waals surface area contributed by atoms with Gasteiger partial charge >= 0.3 is 0 Å². The summed E-state index contributed by atoms with van der Waals surface area (Å²) in [7, 11) is 0. The molecular weight excluding hydrogens is 244 g/mol. The van der Waals surface area contributed by atoms with Crippen LogP contribution in [0.1, 0.15) is 75.5 Å². The largest absolute Gasteiger partial charge is 0.271 e. The number of aryl methyl sites for hydroxylation is 1. The zero-order chi connectivity index (χ0) is 14.2. The summed E-state index contributed by atoms with van der Waals surface area (Å²) in [4.78, 5) is 0. The smallest absolute Gasteiger partial charge is 0.0460 e. The van der Waals surface area contributed by atoms with Crippen molar-refractivity contribution in [3.05, 3.63) is 35.4 Å². The topological polar surface area (TPSA) is 38.0 Å². The Kier molecular flexibility index (Phi) is 6.55. The Morgan fingerprint density at radius 3 is 2.45 bits per heavy atom. The molecule has 2 nitrogen and oxygen atoms in total. The second-order valence-electron chi connectivity index (χ2n) is 6.29. The van der Waals surface area contributed by atoms with Gasteiger partial charge < -0.3 is 0 Å². The van der Waals surface area contributed by atoms with Crippen LogP contribution in [0.15, 0.2) is 24.3 Å². The molecule has 2 rings (SSSR count). The maximum absolute atomic E-state index is 5.77. The number of nitrogens with one attached hydrogen (secondary N) is 1. The van der Waals surface area contributed by atoms with E-state index in [0.29, 0.717) is 6.04 Å². The molecule has 1 saturated carbocycles. The fraction of sp³-hybridized carbons (Fsp3) is 0.667. The quantitative estimate of drug-likeness (QED) is 0.567. The molecule has 1 aromatic carbocycles. The van der Waals surface area contributed by atoms with E-state index >= 15 is 0 Å². The van der Waals surface area contributed by atoms with Crippen LogP contribution in [0.2, 0.25) is 0 Å². The summed E-state index contributed by atoms with van der Waals surface area (Å²) in [5.41, 5.74) is 5.78. The highest BCUT2D eigenvalue weighted by Gasteiger charge is 2.16. The lowest BCUT2D eigenvalue weighted by Crippen LogP contribution is -2.28. The van der Waals surface area contributed by atoms with Crippen molar-refractivity contribution in [2.45, 2.75) is 70.8 Å². The molecular formula is C18H30N2. The molecule has 1 aromatic rings. The normalized spacial score (nSPS) is 18.1. The summed E-state index contributed by atoms with van der Waals surface area (Å²) in [5, 5.41) is 0. The van der Waals surface area contributed by atoms with E-state index in [4.69, 9.17) is 5.84 Å². The molecule has 3 N–H and O–H groups in total. The SMILES string of the molecule is CCCc1ccc(C(CCC2CCCCC2)NN)cc1. The molecule has 1 unspecified atom stereocenters. The van der Waals surface area contributed by atoms with Gasteiger partial charge in [0.1, 0.15) is 0 Å². The molecule has 0 aromatic heterocycles. The maximum atomic E-state index is 5.77. The first kappa shape index (κ1) is 15.5. The molecule has 0 radical (unpaired) electrons. The van der Waals surface area contributed by atoms with Gasteiger partial charge in [0.25, 0.3) is 0 Å². The highest BCUT2D eigenvalue weighted by Crippen LogP contribution is 2.30. The van der Waals surface area contributed by atoms with Crippen LogP contribution in [0, 0.1) is 5.92 Å². The van der Waals surface area contributed by atoms with Crippen molar-refractivity contribution < 1.29 is 0 Å². The zero-order valence-electron chi connectivity index (χ0n) is 12.9. The fourth-order valence-corrected chi connectivity index (χ4v) is 3.43. The van der Waals surface area contributed by atoms with E-state index < -0.39 is 0 Å². The lowest BCUT2D eigenvalue weighted by molar-refractivity contribution is 0.315. The molecule has 1 aliphatic rings.